The average Bonchev–Trinajstić information content (AvgIpc) is 2.68. The van der Waals surface area contributed by atoms with Crippen LogP contribution < -0.4 is 4.74 Å². The van der Waals surface area contributed by atoms with Crippen LogP contribution in [-0.4, -0.2) is 21.6 Å². The van der Waals surface area contributed by atoms with Crippen molar-refractivity contribution >= 4 is 10.9 Å². The molecule has 122 valence electrons. The first-order valence-electron chi connectivity index (χ1n) is 8.26. The molecule has 0 amide bonds. The molecule has 2 aromatic carbocycles. The molecule has 4 aromatic rings. The van der Waals surface area contributed by atoms with E-state index in [1.807, 2.05) is 79.9 Å². The summed E-state index contributed by atoms with van der Waals surface area (Å²) in [5, 5.41) is 1.02. The number of rotatable bonds is 4. The van der Waals surface area contributed by atoms with E-state index in [0.29, 0.717) is 12.4 Å². The van der Waals surface area contributed by atoms with Gasteiger partial charge in [-0.15, -0.1) is 0 Å². The van der Waals surface area contributed by atoms with Crippen LogP contribution in [0.5, 0.6) is 5.75 Å². The second-order valence-corrected chi connectivity index (χ2v) is 5.62. The Kier molecular flexibility index (Phi) is 4.09. The van der Waals surface area contributed by atoms with Gasteiger partial charge in [0.05, 0.1) is 17.8 Å². The number of nitrogens with zero attached hydrogens (tertiary/aromatic N) is 3. The summed E-state index contributed by atoms with van der Waals surface area (Å²) in [6, 6.07) is 21.8. The van der Waals surface area contributed by atoms with Crippen LogP contribution in [0.2, 0.25) is 0 Å². The van der Waals surface area contributed by atoms with Gasteiger partial charge in [0.15, 0.2) is 5.82 Å². The topological polar surface area (TPSA) is 47.9 Å². The van der Waals surface area contributed by atoms with Gasteiger partial charge in [0.25, 0.3) is 0 Å². The quantitative estimate of drug-likeness (QED) is 0.542. The number of ether oxygens (including phenoxy) is 1. The Morgan fingerprint density at radius 3 is 2.60 bits per heavy atom. The van der Waals surface area contributed by atoms with Gasteiger partial charge in [-0.3, -0.25) is 0 Å². The monoisotopic (exact) mass is 327 g/mol. The Balaban J connectivity index is 1.74. The zero-order chi connectivity index (χ0) is 17.1. The predicted molar refractivity (Wildman–Crippen MR) is 99.4 cm³/mol. The number of benzene rings is 2. The average molecular weight is 327 g/mol. The van der Waals surface area contributed by atoms with Crippen molar-refractivity contribution in [1.29, 1.82) is 0 Å². The standard InChI is InChI=1S/C21H17N3O/c1-2-25-17-9-5-8-15(13-17)18-11-6-12-20(23-18)21-22-14-16-7-3-4-10-19(16)24-21/h3-14H,2H2,1H3. The highest BCUT2D eigenvalue weighted by Gasteiger charge is 2.07. The molecule has 2 heterocycles. The summed E-state index contributed by atoms with van der Waals surface area (Å²) in [6.07, 6.45) is 1.84. The van der Waals surface area contributed by atoms with Gasteiger partial charge < -0.3 is 4.74 Å². The van der Waals surface area contributed by atoms with Crippen molar-refractivity contribution in [2.24, 2.45) is 0 Å². The van der Waals surface area contributed by atoms with Crippen molar-refractivity contribution in [1.82, 2.24) is 15.0 Å². The van der Waals surface area contributed by atoms with Gasteiger partial charge in [0.1, 0.15) is 11.4 Å². The molecule has 0 unspecified atom stereocenters. The smallest absolute Gasteiger partial charge is 0.178 e. The molecular weight excluding hydrogens is 310 g/mol. The van der Waals surface area contributed by atoms with Crippen LogP contribution in [0.25, 0.3) is 33.7 Å². The largest absolute Gasteiger partial charge is 0.494 e. The molecule has 0 bridgehead atoms. The number of aromatic nitrogens is 3. The Morgan fingerprint density at radius 2 is 1.68 bits per heavy atom. The number of fused-ring (bicyclic) bond motifs is 1. The molecule has 0 aliphatic heterocycles. The molecule has 0 aliphatic rings. The molecule has 0 aliphatic carbocycles. The maximum absolute atomic E-state index is 5.58. The van der Waals surface area contributed by atoms with Gasteiger partial charge in [0.2, 0.25) is 0 Å². The predicted octanol–water partition coefficient (Wildman–Crippen LogP) is 4.76. The summed E-state index contributed by atoms with van der Waals surface area (Å²) < 4.78 is 5.58. The minimum atomic E-state index is 0.626. The third-order valence-corrected chi connectivity index (χ3v) is 3.91. The third-order valence-electron chi connectivity index (χ3n) is 3.91. The molecule has 4 heteroatoms. The normalized spacial score (nSPS) is 10.8. The van der Waals surface area contributed by atoms with Crippen molar-refractivity contribution in [2.45, 2.75) is 6.92 Å². The van der Waals surface area contributed by atoms with Crippen LogP contribution in [-0.2, 0) is 0 Å². The minimum absolute atomic E-state index is 0.626. The van der Waals surface area contributed by atoms with Gasteiger partial charge in [-0.05, 0) is 37.3 Å². The lowest BCUT2D eigenvalue weighted by Gasteiger charge is -2.07. The Labute approximate surface area is 146 Å². The van der Waals surface area contributed by atoms with E-state index < -0.39 is 0 Å². The maximum atomic E-state index is 5.58. The van der Waals surface area contributed by atoms with Crippen molar-refractivity contribution < 1.29 is 4.74 Å². The fourth-order valence-corrected chi connectivity index (χ4v) is 2.73. The SMILES string of the molecule is CCOc1cccc(-c2cccc(-c3ncc4ccccc4n3)n2)c1. The van der Waals surface area contributed by atoms with Crippen LogP contribution in [0, 0.1) is 0 Å². The molecule has 0 saturated heterocycles. The van der Waals surface area contributed by atoms with Crippen molar-refractivity contribution in [2.75, 3.05) is 6.61 Å². The molecule has 25 heavy (non-hydrogen) atoms. The minimum Gasteiger partial charge on any atom is -0.494 e. The van der Waals surface area contributed by atoms with E-state index in [9.17, 15) is 0 Å². The Bertz CT molecular complexity index is 1030. The van der Waals surface area contributed by atoms with E-state index in [-0.39, 0.29) is 0 Å². The maximum Gasteiger partial charge on any atom is 0.178 e. The highest BCUT2D eigenvalue weighted by atomic mass is 16.5. The van der Waals surface area contributed by atoms with Gasteiger partial charge >= 0.3 is 0 Å². The zero-order valence-corrected chi connectivity index (χ0v) is 13.9. The van der Waals surface area contributed by atoms with Crippen molar-refractivity contribution in [3.05, 3.63) is 72.9 Å². The zero-order valence-electron chi connectivity index (χ0n) is 13.9. The third kappa shape index (κ3) is 3.19. The molecule has 2 aromatic heterocycles. The summed E-state index contributed by atoms with van der Waals surface area (Å²) >= 11 is 0. The Hall–Kier alpha value is -3.27. The van der Waals surface area contributed by atoms with Crippen LogP contribution in [0.15, 0.2) is 72.9 Å². The van der Waals surface area contributed by atoms with Gasteiger partial charge in [-0.2, -0.15) is 0 Å². The molecule has 0 fully saturated rings. The van der Waals surface area contributed by atoms with E-state index in [2.05, 4.69) is 9.97 Å². The lowest BCUT2D eigenvalue weighted by molar-refractivity contribution is 0.340. The van der Waals surface area contributed by atoms with Gasteiger partial charge in [-0.25, -0.2) is 15.0 Å². The van der Waals surface area contributed by atoms with Gasteiger partial charge in [-0.1, -0.05) is 36.4 Å². The van der Waals surface area contributed by atoms with Crippen molar-refractivity contribution in [3.63, 3.8) is 0 Å². The van der Waals surface area contributed by atoms with E-state index in [1.165, 1.54) is 0 Å². The van der Waals surface area contributed by atoms with E-state index in [4.69, 9.17) is 9.72 Å². The van der Waals surface area contributed by atoms with Crippen LogP contribution in [0.1, 0.15) is 6.92 Å². The number of hydrogen-bond acceptors (Lipinski definition) is 4. The summed E-state index contributed by atoms with van der Waals surface area (Å²) in [7, 11) is 0. The van der Waals surface area contributed by atoms with E-state index >= 15 is 0 Å². The number of para-hydroxylation sites is 1. The van der Waals surface area contributed by atoms with Gasteiger partial charge in [0, 0.05) is 17.1 Å². The molecule has 4 nitrogen and oxygen atoms in total. The van der Waals surface area contributed by atoms with Crippen LogP contribution in [0.3, 0.4) is 0 Å². The molecule has 4 rings (SSSR count). The summed E-state index contributed by atoms with van der Waals surface area (Å²) in [6.45, 7) is 2.62. The van der Waals surface area contributed by atoms with Crippen molar-refractivity contribution in [3.8, 4) is 28.5 Å². The fourth-order valence-electron chi connectivity index (χ4n) is 2.73. The lowest BCUT2D eigenvalue weighted by atomic mass is 10.1. The molecule has 0 atom stereocenters. The molecule has 0 N–H and O–H groups in total. The lowest BCUT2D eigenvalue weighted by Crippen LogP contribution is -1.95. The number of pyridine rings is 1. The molecule has 0 saturated carbocycles. The number of hydrogen-bond donors (Lipinski definition) is 0. The summed E-state index contributed by atoms with van der Waals surface area (Å²) in [5.41, 5.74) is 3.55. The fraction of sp³-hybridized carbons (Fsp3) is 0.0952. The summed E-state index contributed by atoms with van der Waals surface area (Å²) in [4.78, 5) is 13.8. The highest BCUT2D eigenvalue weighted by Crippen LogP contribution is 2.25. The first-order chi connectivity index (χ1) is 12.3. The second kappa shape index (κ2) is 6.69. The van der Waals surface area contributed by atoms with Crippen LogP contribution in [0.4, 0.5) is 0 Å². The Morgan fingerprint density at radius 1 is 0.840 bits per heavy atom. The van der Waals surface area contributed by atoms with E-state index in [1.54, 1.807) is 0 Å². The van der Waals surface area contributed by atoms with Crippen LogP contribution >= 0.6 is 0 Å². The summed E-state index contributed by atoms with van der Waals surface area (Å²) in [5.74, 6) is 1.47. The first kappa shape index (κ1) is 15.3. The second-order valence-electron chi connectivity index (χ2n) is 5.62. The molecular formula is C21H17N3O. The molecule has 0 radical (unpaired) electrons. The first-order valence-corrected chi connectivity index (χ1v) is 8.26. The van der Waals surface area contributed by atoms with E-state index in [0.717, 1.165) is 33.6 Å². The highest BCUT2D eigenvalue weighted by molar-refractivity contribution is 5.79. The molecule has 0 spiro atoms.